The maximum atomic E-state index is 12.9. The number of amides is 1. The van der Waals surface area contributed by atoms with E-state index in [-0.39, 0.29) is 17.4 Å². The van der Waals surface area contributed by atoms with Gasteiger partial charge in [-0.2, -0.15) is 5.26 Å². The molecule has 168 valence electrons. The molecule has 1 atom stereocenters. The Bertz CT molecular complexity index is 1170. The highest BCUT2D eigenvalue weighted by Gasteiger charge is 2.28. The van der Waals surface area contributed by atoms with E-state index in [1.807, 2.05) is 24.3 Å². The monoisotopic (exact) mass is 446 g/mol. The molecular formula is C24H22N4O5. The predicted octanol–water partition coefficient (Wildman–Crippen LogP) is 3.89. The molecule has 0 unspecified atom stereocenters. The van der Waals surface area contributed by atoms with Crippen molar-refractivity contribution in [3.8, 4) is 23.1 Å². The number of hydrogen-bond donors (Lipinski definition) is 0. The molecular weight excluding hydrogens is 424 g/mol. The number of hydrogen-bond acceptors (Lipinski definition) is 7. The fourth-order valence-corrected chi connectivity index (χ4v) is 3.85. The van der Waals surface area contributed by atoms with Crippen LogP contribution in [0.2, 0.25) is 0 Å². The number of non-ortho nitro benzene ring substituents is 1. The highest BCUT2D eigenvalue weighted by Crippen LogP contribution is 2.27. The van der Waals surface area contributed by atoms with Crippen molar-refractivity contribution in [2.75, 3.05) is 33.3 Å². The number of piperazine rings is 1. The van der Waals surface area contributed by atoms with Crippen LogP contribution in [0.4, 0.5) is 5.69 Å². The SMILES string of the molecule is COc1ccc([C@H](C#N)N2CCN(C(=O)c3ccc(-c4ccc([N+](=O)[O-])cc4)o3)CC2)cc1. The first-order chi connectivity index (χ1) is 16.0. The van der Waals surface area contributed by atoms with Gasteiger partial charge in [0.2, 0.25) is 0 Å². The highest BCUT2D eigenvalue weighted by molar-refractivity contribution is 5.92. The Morgan fingerprint density at radius 2 is 1.73 bits per heavy atom. The number of furan rings is 1. The number of ether oxygens (including phenoxy) is 1. The summed E-state index contributed by atoms with van der Waals surface area (Å²) in [7, 11) is 1.60. The molecule has 2 heterocycles. The normalized spacial score (nSPS) is 15.0. The van der Waals surface area contributed by atoms with E-state index in [1.54, 1.807) is 36.3 Å². The molecule has 9 heteroatoms. The van der Waals surface area contributed by atoms with Gasteiger partial charge in [-0.3, -0.25) is 19.8 Å². The van der Waals surface area contributed by atoms with E-state index in [9.17, 15) is 20.2 Å². The lowest BCUT2D eigenvalue weighted by Crippen LogP contribution is -2.49. The van der Waals surface area contributed by atoms with Gasteiger partial charge < -0.3 is 14.1 Å². The second kappa shape index (κ2) is 9.54. The zero-order chi connectivity index (χ0) is 23.4. The van der Waals surface area contributed by atoms with Crippen molar-refractivity contribution in [2.24, 2.45) is 0 Å². The molecule has 0 N–H and O–H groups in total. The molecule has 0 aliphatic carbocycles. The first-order valence-electron chi connectivity index (χ1n) is 10.4. The van der Waals surface area contributed by atoms with Crippen molar-refractivity contribution in [1.82, 2.24) is 9.80 Å². The third-order valence-electron chi connectivity index (χ3n) is 5.70. The highest BCUT2D eigenvalue weighted by atomic mass is 16.6. The fourth-order valence-electron chi connectivity index (χ4n) is 3.85. The molecule has 33 heavy (non-hydrogen) atoms. The van der Waals surface area contributed by atoms with Gasteiger partial charge >= 0.3 is 0 Å². The summed E-state index contributed by atoms with van der Waals surface area (Å²) in [6.45, 7) is 2.07. The number of nitriles is 1. The third kappa shape index (κ3) is 4.71. The number of carbonyl (C=O) groups excluding carboxylic acids is 1. The first-order valence-corrected chi connectivity index (χ1v) is 10.4. The minimum absolute atomic E-state index is 0.00945. The summed E-state index contributed by atoms with van der Waals surface area (Å²) in [6.07, 6.45) is 0. The molecule has 1 fully saturated rings. The maximum absolute atomic E-state index is 12.9. The summed E-state index contributed by atoms with van der Waals surface area (Å²) in [5, 5.41) is 20.5. The second-order valence-corrected chi connectivity index (χ2v) is 7.60. The summed E-state index contributed by atoms with van der Waals surface area (Å²) in [4.78, 5) is 27.0. The average Bonchev–Trinajstić information content (AvgIpc) is 3.35. The van der Waals surface area contributed by atoms with E-state index in [2.05, 4.69) is 11.0 Å². The van der Waals surface area contributed by atoms with E-state index in [1.165, 1.54) is 12.1 Å². The van der Waals surface area contributed by atoms with Crippen LogP contribution in [0.15, 0.2) is 65.1 Å². The Morgan fingerprint density at radius 3 is 2.30 bits per heavy atom. The van der Waals surface area contributed by atoms with Gasteiger partial charge in [-0.25, -0.2) is 0 Å². The minimum Gasteiger partial charge on any atom is -0.497 e. The number of nitro benzene ring substituents is 1. The van der Waals surface area contributed by atoms with Crippen LogP contribution in [-0.2, 0) is 0 Å². The van der Waals surface area contributed by atoms with Crippen molar-refractivity contribution < 1.29 is 18.9 Å². The number of nitrogens with zero attached hydrogens (tertiary/aromatic N) is 4. The molecule has 1 aromatic heterocycles. The minimum atomic E-state index is -0.466. The van der Waals surface area contributed by atoms with Crippen LogP contribution in [0.3, 0.4) is 0 Å². The molecule has 0 spiro atoms. The largest absolute Gasteiger partial charge is 0.497 e. The summed E-state index contributed by atoms with van der Waals surface area (Å²) in [5.41, 5.74) is 1.53. The summed E-state index contributed by atoms with van der Waals surface area (Å²) >= 11 is 0. The topological polar surface area (TPSA) is 113 Å². The summed E-state index contributed by atoms with van der Waals surface area (Å²) < 4.78 is 10.9. The summed E-state index contributed by atoms with van der Waals surface area (Å²) in [5.74, 6) is 1.19. The molecule has 0 saturated carbocycles. The van der Waals surface area contributed by atoms with Crippen LogP contribution in [0.5, 0.6) is 5.75 Å². The van der Waals surface area contributed by atoms with Gasteiger partial charge in [0.25, 0.3) is 11.6 Å². The molecule has 3 aromatic rings. The quantitative estimate of drug-likeness (QED) is 0.417. The number of benzene rings is 2. The molecule has 9 nitrogen and oxygen atoms in total. The number of carbonyl (C=O) groups is 1. The lowest BCUT2D eigenvalue weighted by Gasteiger charge is -2.36. The molecule has 1 amide bonds. The van der Waals surface area contributed by atoms with Crippen LogP contribution in [-0.4, -0.2) is 53.9 Å². The van der Waals surface area contributed by atoms with Crippen LogP contribution in [0.25, 0.3) is 11.3 Å². The predicted molar refractivity (Wildman–Crippen MR) is 120 cm³/mol. The fraction of sp³-hybridized carbons (Fsp3) is 0.250. The Labute approximate surface area is 190 Å². The summed E-state index contributed by atoms with van der Waals surface area (Å²) in [6, 6.07) is 18.6. The Morgan fingerprint density at radius 1 is 1.06 bits per heavy atom. The maximum Gasteiger partial charge on any atom is 0.289 e. The number of rotatable bonds is 6. The van der Waals surface area contributed by atoms with Crippen LogP contribution < -0.4 is 4.74 Å². The zero-order valence-electron chi connectivity index (χ0n) is 18.0. The molecule has 1 aliphatic heterocycles. The average molecular weight is 446 g/mol. The standard InChI is InChI=1S/C24H22N4O5/c1-32-20-8-4-17(5-9-20)21(16-25)26-12-14-27(15-13-26)24(29)23-11-10-22(33-23)18-2-6-19(7-3-18)28(30)31/h2-11,21H,12-15H2,1H3/t21-/m0/s1. The second-order valence-electron chi connectivity index (χ2n) is 7.60. The van der Waals surface area contributed by atoms with Crippen molar-refractivity contribution in [3.05, 3.63) is 82.1 Å². The van der Waals surface area contributed by atoms with E-state index in [4.69, 9.17) is 9.15 Å². The van der Waals surface area contributed by atoms with Crippen molar-refractivity contribution in [3.63, 3.8) is 0 Å². The van der Waals surface area contributed by atoms with E-state index in [0.29, 0.717) is 37.5 Å². The van der Waals surface area contributed by atoms with Crippen LogP contribution in [0.1, 0.15) is 22.2 Å². The third-order valence-corrected chi connectivity index (χ3v) is 5.70. The molecule has 0 bridgehead atoms. The van der Waals surface area contributed by atoms with Crippen molar-refractivity contribution in [2.45, 2.75) is 6.04 Å². The van der Waals surface area contributed by atoms with Gasteiger partial charge in [-0.15, -0.1) is 0 Å². The lowest BCUT2D eigenvalue weighted by atomic mass is 10.1. The molecule has 1 saturated heterocycles. The smallest absolute Gasteiger partial charge is 0.289 e. The van der Waals surface area contributed by atoms with Gasteiger partial charge in [0.15, 0.2) is 5.76 Å². The Balaban J connectivity index is 1.39. The molecule has 1 aliphatic rings. The van der Waals surface area contributed by atoms with E-state index < -0.39 is 11.0 Å². The van der Waals surface area contributed by atoms with Gasteiger partial charge in [-0.1, -0.05) is 12.1 Å². The van der Waals surface area contributed by atoms with Crippen LogP contribution >= 0.6 is 0 Å². The van der Waals surface area contributed by atoms with Crippen LogP contribution in [0, 0.1) is 21.4 Å². The number of nitro groups is 1. The number of methoxy groups -OCH3 is 1. The van der Waals surface area contributed by atoms with Crippen molar-refractivity contribution >= 4 is 11.6 Å². The Hall–Kier alpha value is -4.16. The van der Waals surface area contributed by atoms with Gasteiger partial charge in [0.1, 0.15) is 17.6 Å². The van der Waals surface area contributed by atoms with Crippen molar-refractivity contribution in [1.29, 1.82) is 5.26 Å². The molecule has 0 radical (unpaired) electrons. The molecule has 2 aromatic carbocycles. The van der Waals surface area contributed by atoms with E-state index in [0.717, 1.165) is 11.3 Å². The van der Waals surface area contributed by atoms with Gasteiger partial charge in [0, 0.05) is 43.9 Å². The van der Waals surface area contributed by atoms with Gasteiger partial charge in [-0.05, 0) is 42.0 Å². The molecule has 4 rings (SSSR count). The lowest BCUT2D eigenvalue weighted by molar-refractivity contribution is -0.384. The Kier molecular flexibility index (Phi) is 6.38. The van der Waals surface area contributed by atoms with Gasteiger partial charge in [0.05, 0.1) is 18.1 Å². The zero-order valence-corrected chi connectivity index (χ0v) is 18.0. The van der Waals surface area contributed by atoms with E-state index >= 15 is 0 Å². The first kappa shape index (κ1) is 22.0.